The number of benzene rings is 2. The van der Waals surface area contributed by atoms with Crippen LogP contribution in [0.15, 0.2) is 41.3 Å². The van der Waals surface area contributed by atoms with Crippen LogP contribution >= 0.6 is 11.6 Å². The number of halogens is 7. The summed E-state index contributed by atoms with van der Waals surface area (Å²) in [6, 6.07) is 3.04. The lowest BCUT2D eigenvalue weighted by molar-refractivity contribution is -0.386. The number of nitrogens with one attached hydrogen (secondary N) is 1. The van der Waals surface area contributed by atoms with Crippen molar-refractivity contribution in [2.75, 3.05) is 11.9 Å². The van der Waals surface area contributed by atoms with Crippen LogP contribution in [0.2, 0.25) is 5.02 Å². The number of nitro groups is 1. The van der Waals surface area contributed by atoms with Gasteiger partial charge in [-0.2, -0.15) is 26.3 Å². The smallest absolute Gasteiger partial charge is 0.477 e. The average molecular weight is 507 g/mol. The van der Waals surface area contributed by atoms with Gasteiger partial charge in [-0.05, 0) is 30.3 Å². The minimum absolute atomic E-state index is 0.190. The number of alkyl halides is 6. The average Bonchev–Trinajstić information content (AvgIpc) is 2.66. The topological polar surface area (TPSA) is 116 Å². The molecule has 2 rings (SSSR count). The zero-order valence-electron chi connectivity index (χ0n) is 15.1. The predicted molar refractivity (Wildman–Crippen MR) is 96.9 cm³/mol. The van der Waals surface area contributed by atoms with Crippen molar-refractivity contribution in [1.29, 1.82) is 0 Å². The van der Waals surface area contributed by atoms with Crippen molar-refractivity contribution in [1.82, 2.24) is 0 Å². The molecule has 2 aromatic rings. The highest BCUT2D eigenvalue weighted by Crippen LogP contribution is 2.36. The number of amides is 1. The molecule has 0 aliphatic carbocycles. The lowest BCUT2D eigenvalue weighted by Gasteiger charge is -2.13. The van der Waals surface area contributed by atoms with Gasteiger partial charge in [-0.1, -0.05) is 11.6 Å². The Hall–Kier alpha value is -3.07. The first-order chi connectivity index (χ1) is 14.5. The summed E-state index contributed by atoms with van der Waals surface area (Å²) in [6.07, 6.45) is -4.88. The SMILES string of the molecule is O=C(COc1ccc(C(F)(F)F)cc1[N+](=O)[O-])Nc1cc(S(=O)(=O)C(F)(F)F)ccc1Cl. The van der Waals surface area contributed by atoms with E-state index in [1.54, 1.807) is 0 Å². The fourth-order valence-corrected chi connectivity index (χ4v) is 3.14. The zero-order valence-corrected chi connectivity index (χ0v) is 16.7. The van der Waals surface area contributed by atoms with Crippen LogP contribution in [-0.4, -0.2) is 31.4 Å². The Kier molecular flexibility index (Phi) is 6.94. The number of sulfone groups is 1. The minimum atomic E-state index is -5.75. The van der Waals surface area contributed by atoms with Crippen molar-refractivity contribution >= 4 is 38.7 Å². The molecule has 16 heteroatoms. The monoisotopic (exact) mass is 506 g/mol. The van der Waals surface area contributed by atoms with E-state index in [0.717, 1.165) is 6.07 Å². The Morgan fingerprint density at radius 1 is 1.09 bits per heavy atom. The second-order valence-corrected chi connectivity index (χ2v) is 8.21. The predicted octanol–water partition coefficient (Wildman–Crippen LogP) is 4.58. The van der Waals surface area contributed by atoms with E-state index < -0.39 is 66.5 Å². The molecule has 0 saturated heterocycles. The molecule has 0 aliphatic rings. The molecule has 0 saturated carbocycles. The van der Waals surface area contributed by atoms with Gasteiger partial charge < -0.3 is 10.1 Å². The van der Waals surface area contributed by atoms with E-state index in [9.17, 15) is 49.7 Å². The molecule has 1 amide bonds. The number of carbonyl (C=O) groups excluding carboxylic acids is 1. The molecule has 32 heavy (non-hydrogen) atoms. The fourth-order valence-electron chi connectivity index (χ4n) is 2.19. The largest absolute Gasteiger partial charge is 0.501 e. The van der Waals surface area contributed by atoms with Crippen LogP contribution in [0.25, 0.3) is 0 Å². The van der Waals surface area contributed by atoms with Crippen molar-refractivity contribution in [3.8, 4) is 5.75 Å². The molecule has 0 atom stereocenters. The van der Waals surface area contributed by atoms with Crippen LogP contribution in [0.3, 0.4) is 0 Å². The lowest BCUT2D eigenvalue weighted by atomic mass is 10.2. The Balaban J connectivity index is 2.21. The van der Waals surface area contributed by atoms with Gasteiger partial charge in [0.1, 0.15) is 0 Å². The highest BCUT2D eigenvalue weighted by atomic mass is 35.5. The first-order valence-electron chi connectivity index (χ1n) is 7.93. The molecule has 174 valence electrons. The van der Waals surface area contributed by atoms with Gasteiger partial charge in [-0.15, -0.1) is 0 Å². The molecule has 0 heterocycles. The first kappa shape index (κ1) is 25.2. The van der Waals surface area contributed by atoms with Crippen molar-refractivity contribution in [2.45, 2.75) is 16.6 Å². The zero-order chi connectivity index (χ0) is 24.5. The standard InChI is InChI=1S/C16H9ClF6N2O6S/c17-10-3-2-9(32(29,30)16(21,22)23)6-11(10)24-14(26)7-31-13-4-1-8(15(18,19)20)5-12(13)25(27)28/h1-6H,7H2,(H,24,26). The van der Waals surface area contributed by atoms with Crippen LogP contribution < -0.4 is 10.1 Å². The van der Waals surface area contributed by atoms with Gasteiger partial charge in [0.25, 0.3) is 15.7 Å². The van der Waals surface area contributed by atoms with Gasteiger partial charge in [0, 0.05) is 6.07 Å². The third-order valence-electron chi connectivity index (χ3n) is 3.67. The maximum atomic E-state index is 12.7. The number of nitrogens with zero attached hydrogens (tertiary/aromatic N) is 1. The van der Waals surface area contributed by atoms with Crippen molar-refractivity contribution in [3.63, 3.8) is 0 Å². The summed E-state index contributed by atoms with van der Waals surface area (Å²) in [7, 11) is -5.75. The number of nitro benzene ring substituents is 1. The number of hydrogen-bond donors (Lipinski definition) is 1. The number of rotatable bonds is 6. The fraction of sp³-hybridized carbons (Fsp3) is 0.188. The van der Waals surface area contributed by atoms with Gasteiger partial charge in [-0.25, -0.2) is 8.42 Å². The van der Waals surface area contributed by atoms with Crippen molar-refractivity contribution in [3.05, 3.63) is 57.1 Å². The normalized spacial score (nSPS) is 12.3. The highest BCUT2D eigenvalue weighted by Gasteiger charge is 2.47. The van der Waals surface area contributed by atoms with Crippen LogP contribution in [0, 0.1) is 10.1 Å². The van der Waals surface area contributed by atoms with Crippen LogP contribution in [0.5, 0.6) is 5.75 Å². The van der Waals surface area contributed by atoms with Gasteiger partial charge in [0.05, 0.1) is 26.1 Å². The maximum Gasteiger partial charge on any atom is 0.501 e. The quantitative estimate of drug-likeness (QED) is 0.348. The summed E-state index contributed by atoms with van der Waals surface area (Å²) in [4.78, 5) is 20.6. The Morgan fingerprint density at radius 2 is 1.72 bits per heavy atom. The second kappa shape index (κ2) is 8.82. The number of hydrogen-bond acceptors (Lipinski definition) is 6. The third-order valence-corrected chi connectivity index (χ3v) is 5.48. The molecule has 0 aliphatic heterocycles. The molecule has 8 nitrogen and oxygen atoms in total. The molecule has 0 spiro atoms. The summed E-state index contributed by atoms with van der Waals surface area (Å²) < 4.78 is 104. The summed E-state index contributed by atoms with van der Waals surface area (Å²) in [6.45, 7) is -1.03. The molecule has 0 unspecified atom stereocenters. The molecular formula is C16H9ClF6N2O6S. The van der Waals surface area contributed by atoms with E-state index in [1.807, 2.05) is 5.32 Å². The number of anilines is 1. The van der Waals surface area contributed by atoms with E-state index in [2.05, 4.69) is 0 Å². The first-order valence-corrected chi connectivity index (χ1v) is 9.79. The Morgan fingerprint density at radius 3 is 2.25 bits per heavy atom. The van der Waals surface area contributed by atoms with Crippen LogP contribution in [0.1, 0.15) is 5.56 Å². The van der Waals surface area contributed by atoms with Gasteiger partial charge in [-0.3, -0.25) is 14.9 Å². The maximum absolute atomic E-state index is 12.7. The highest BCUT2D eigenvalue weighted by molar-refractivity contribution is 7.92. The second-order valence-electron chi connectivity index (χ2n) is 5.87. The minimum Gasteiger partial charge on any atom is -0.477 e. The van der Waals surface area contributed by atoms with E-state index in [4.69, 9.17) is 16.3 Å². The molecule has 0 aromatic heterocycles. The summed E-state index contributed by atoms with van der Waals surface area (Å²) in [5, 5.41) is 12.6. The Bertz CT molecular complexity index is 1170. The molecule has 2 aromatic carbocycles. The van der Waals surface area contributed by atoms with Gasteiger partial charge in [0.15, 0.2) is 12.4 Å². The van der Waals surface area contributed by atoms with Crippen molar-refractivity contribution in [2.24, 2.45) is 0 Å². The summed E-state index contributed by atoms with van der Waals surface area (Å²) in [5.74, 6) is -1.85. The molecular weight excluding hydrogens is 498 g/mol. The molecule has 1 N–H and O–H groups in total. The van der Waals surface area contributed by atoms with E-state index in [0.29, 0.717) is 24.3 Å². The van der Waals surface area contributed by atoms with E-state index in [1.165, 1.54) is 0 Å². The molecule has 0 bridgehead atoms. The van der Waals surface area contributed by atoms with Gasteiger partial charge >= 0.3 is 17.4 Å². The van der Waals surface area contributed by atoms with Crippen LogP contribution in [-0.2, 0) is 20.8 Å². The third kappa shape index (κ3) is 5.59. The van der Waals surface area contributed by atoms with E-state index >= 15 is 0 Å². The number of carbonyl (C=O) groups is 1. The van der Waals surface area contributed by atoms with E-state index in [-0.39, 0.29) is 11.1 Å². The van der Waals surface area contributed by atoms with Crippen molar-refractivity contribution < 1.29 is 49.2 Å². The Labute approximate surface area is 179 Å². The van der Waals surface area contributed by atoms with Crippen LogP contribution in [0.4, 0.5) is 37.7 Å². The number of ether oxygens (including phenoxy) is 1. The molecule has 0 fully saturated rings. The summed E-state index contributed by atoms with van der Waals surface area (Å²) >= 11 is 5.72. The van der Waals surface area contributed by atoms with Gasteiger partial charge in [0.2, 0.25) is 0 Å². The summed E-state index contributed by atoms with van der Waals surface area (Å²) in [5.41, 5.74) is -8.60. The molecule has 0 radical (unpaired) electrons. The lowest BCUT2D eigenvalue weighted by Crippen LogP contribution is -2.24.